The molecular formula is C16H26ClNO2. The summed E-state index contributed by atoms with van der Waals surface area (Å²) in [5, 5.41) is 12.8. The van der Waals surface area contributed by atoms with Crippen LogP contribution in [0.4, 0.5) is 0 Å². The first-order chi connectivity index (χ1) is 9.04. The molecule has 2 unspecified atom stereocenters. The van der Waals surface area contributed by atoms with E-state index in [2.05, 4.69) is 31.3 Å². The van der Waals surface area contributed by atoms with E-state index >= 15 is 0 Å². The fourth-order valence-corrected chi connectivity index (χ4v) is 3.47. The van der Waals surface area contributed by atoms with Crippen LogP contribution in [-0.2, 0) is 6.42 Å². The Bertz CT molecular complexity index is 448. The van der Waals surface area contributed by atoms with Crippen LogP contribution in [-0.4, -0.2) is 31.9 Å². The number of benzene rings is 1. The van der Waals surface area contributed by atoms with Gasteiger partial charge in [0.25, 0.3) is 0 Å². The normalized spacial score (nSPS) is 23.6. The van der Waals surface area contributed by atoms with Crippen LogP contribution in [0.1, 0.15) is 37.3 Å². The quantitative estimate of drug-likeness (QED) is 0.898. The number of methoxy groups -OCH3 is 1. The molecule has 0 aromatic heterocycles. The number of aliphatic hydroxyl groups excluding tert-OH is 1. The van der Waals surface area contributed by atoms with E-state index in [0.717, 1.165) is 18.6 Å². The SMILES string of the molecule is CNC1Cc2ccc(OC)cc2C(CCO)C1(C)C.Cl. The van der Waals surface area contributed by atoms with Crippen molar-refractivity contribution in [3.63, 3.8) is 0 Å². The number of likely N-dealkylation sites (N-methyl/N-ethyl adjacent to an activating group) is 1. The van der Waals surface area contributed by atoms with E-state index in [1.165, 1.54) is 11.1 Å². The van der Waals surface area contributed by atoms with Crippen molar-refractivity contribution in [2.45, 2.75) is 38.6 Å². The minimum absolute atomic E-state index is 0. The second kappa shape index (κ2) is 6.79. The largest absolute Gasteiger partial charge is 0.497 e. The second-order valence-corrected chi connectivity index (χ2v) is 6.00. The highest BCUT2D eigenvalue weighted by Crippen LogP contribution is 2.47. The molecule has 3 nitrogen and oxygen atoms in total. The van der Waals surface area contributed by atoms with Gasteiger partial charge in [0.1, 0.15) is 5.75 Å². The number of aliphatic hydroxyl groups is 1. The molecule has 0 amide bonds. The second-order valence-electron chi connectivity index (χ2n) is 6.00. The van der Waals surface area contributed by atoms with Crippen molar-refractivity contribution in [3.05, 3.63) is 29.3 Å². The number of ether oxygens (including phenoxy) is 1. The Hall–Kier alpha value is -0.770. The maximum absolute atomic E-state index is 9.41. The van der Waals surface area contributed by atoms with Crippen molar-refractivity contribution in [2.75, 3.05) is 20.8 Å². The zero-order chi connectivity index (χ0) is 14.0. The summed E-state index contributed by atoms with van der Waals surface area (Å²) in [4.78, 5) is 0. The third-order valence-corrected chi connectivity index (χ3v) is 4.71. The van der Waals surface area contributed by atoms with E-state index in [0.29, 0.717) is 12.0 Å². The van der Waals surface area contributed by atoms with Gasteiger partial charge in [-0.25, -0.2) is 0 Å². The lowest BCUT2D eigenvalue weighted by Crippen LogP contribution is -2.48. The van der Waals surface area contributed by atoms with Gasteiger partial charge in [-0.05, 0) is 54.5 Å². The molecule has 0 radical (unpaired) electrons. The molecule has 0 saturated carbocycles. The molecule has 1 aromatic rings. The summed E-state index contributed by atoms with van der Waals surface area (Å²) in [5.74, 6) is 1.26. The van der Waals surface area contributed by atoms with Gasteiger partial charge < -0.3 is 15.2 Å². The molecular weight excluding hydrogens is 274 g/mol. The smallest absolute Gasteiger partial charge is 0.119 e. The van der Waals surface area contributed by atoms with Gasteiger partial charge in [-0.15, -0.1) is 12.4 Å². The number of fused-ring (bicyclic) bond motifs is 1. The molecule has 1 aliphatic rings. The van der Waals surface area contributed by atoms with Gasteiger partial charge in [-0.3, -0.25) is 0 Å². The van der Waals surface area contributed by atoms with E-state index in [1.54, 1.807) is 7.11 Å². The third kappa shape index (κ3) is 2.95. The van der Waals surface area contributed by atoms with Crippen LogP contribution in [0.25, 0.3) is 0 Å². The molecule has 0 spiro atoms. The highest BCUT2D eigenvalue weighted by molar-refractivity contribution is 5.85. The van der Waals surface area contributed by atoms with E-state index < -0.39 is 0 Å². The minimum atomic E-state index is 0. The zero-order valence-corrected chi connectivity index (χ0v) is 13.6. The monoisotopic (exact) mass is 299 g/mol. The van der Waals surface area contributed by atoms with Crippen molar-refractivity contribution in [2.24, 2.45) is 5.41 Å². The number of hydrogen-bond donors (Lipinski definition) is 2. The Labute approximate surface area is 128 Å². The van der Waals surface area contributed by atoms with Crippen molar-refractivity contribution >= 4 is 12.4 Å². The van der Waals surface area contributed by atoms with E-state index in [4.69, 9.17) is 4.74 Å². The van der Waals surface area contributed by atoms with Crippen LogP contribution in [0, 0.1) is 5.41 Å². The summed E-state index contributed by atoms with van der Waals surface area (Å²) in [6.45, 7) is 4.80. The van der Waals surface area contributed by atoms with Crippen LogP contribution < -0.4 is 10.1 Å². The van der Waals surface area contributed by atoms with Crippen LogP contribution in [0.3, 0.4) is 0 Å². The minimum Gasteiger partial charge on any atom is -0.497 e. The molecule has 0 heterocycles. The summed E-state index contributed by atoms with van der Waals surface area (Å²) in [6, 6.07) is 6.77. The van der Waals surface area contributed by atoms with Crippen LogP contribution in [0.5, 0.6) is 5.75 Å². The Balaban J connectivity index is 0.00000200. The molecule has 2 rings (SSSR count). The van der Waals surface area contributed by atoms with Crippen molar-refractivity contribution in [1.82, 2.24) is 5.32 Å². The zero-order valence-electron chi connectivity index (χ0n) is 12.8. The van der Waals surface area contributed by atoms with Crippen LogP contribution >= 0.6 is 12.4 Å². The first kappa shape index (κ1) is 17.3. The highest BCUT2D eigenvalue weighted by Gasteiger charge is 2.42. The van der Waals surface area contributed by atoms with Crippen molar-refractivity contribution in [1.29, 1.82) is 0 Å². The Morgan fingerprint density at radius 1 is 1.40 bits per heavy atom. The number of halogens is 1. The average Bonchev–Trinajstić information content (AvgIpc) is 2.41. The molecule has 1 aliphatic carbocycles. The molecule has 0 bridgehead atoms. The van der Waals surface area contributed by atoms with Gasteiger partial charge in [-0.2, -0.15) is 0 Å². The molecule has 2 N–H and O–H groups in total. The van der Waals surface area contributed by atoms with Crippen LogP contribution in [0.15, 0.2) is 18.2 Å². The van der Waals surface area contributed by atoms with Gasteiger partial charge >= 0.3 is 0 Å². The Morgan fingerprint density at radius 3 is 2.65 bits per heavy atom. The summed E-state index contributed by atoms with van der Waals surface area (Å²) in [5.41, 5.74) is 2.83. The molecule has 20 heavy (non-hydrogen) atoms. The predicted octanol–water partition coefficient (Wildman–Crippen LogP) is 2.75. The fourth-order valence-electron chi connectivity index (χ4n) is 3.47. The molecule has 1 aromatic carbocycles. The predicted molar refractivity (Wildman–Crippen MR) is 85.0 cm³/mol. The maximum Gasteiger partial charge on any atom is 0.119 e. The summed E-state index contributed by atoms with van der Waals surface area (Å²) >= 11 is 0. The van der Waals surface area contributed by atoms with Gasteiger partial charge in [0, 0.05) is 12.6 Å². The number of hydrogen-bond acceptors (Lipinski definition) is 3. The van der Waals surface area contributed by atoms with Gasteiger partial charge in [0.2, 0.25) is 0 Å². The first-order valence-electron chi connectivity index (χ1n) is 6.99. The lowest BCUT2D eigenvalue weighted by atomic mass is 9.62. The van der Waals surface area contributed by atoms with Crippen molar-refractivity contribution in [3.8, 4) is 5.75 Å². The number of nitrogens with one attached hydrogen (secondary N) is 1. The van der Waals surface area contributed by atoms with E-state index in [-0.39, 0.29) is 24.4 Å². The average molecular weight is 300 g/mol. The summed E-state index contributed by atoms with van der Waals surface area (Å²) < 4.78 is 5.35. The summed E-state index contributed by atoms with van der Waals surface area (Å²) in [6.07, 6.45) is 1.83. The molecule has 0 saturated heterocycles. The standard InChI is InChI=1S/C16H25NO2.ClH/c1-16(2)14(7-8-18)13-10-12(19-4)6-5-11(13)9-15(16)17-3;/h5-6,10,14-15,17-18H,7-9H2,1-4H3;1H. The Morgan fingerprint density at radius 2 is 2.10 bits per heavy atom. The summed E-state index contributed by atoms with van der Waals surface area (Å²) in [7, 11) is 3.73. The van der Waals surface area contributed by atoms with Crippen molar-refractivity contribution < 1.29 is 9.84 Å². The Kier molecular flexibility index (Phi) is 5.87. The topological polar surface area (TPSA) is 41.5 Å². The molecule has 4 heteroatoms. The highest BCUT2D eigenvalue weighted by atomic mass is 35.5. The lowest BCUT2D eigenvalue weighted by molar-refractivity contribution is 0.149. The van der Waals surface area contributed by atoms with Crippen LogP contribution in [0.2, 0.25) is 0 Å². The first-order valence-corrected chi connectivity index (χ1v) is 6.99. The lowest BCUT2D eigenvalue weighted by Gasteiger charge is -2.46. The third-order valence-electron chi connectivity index (χ3n) is 4.71. The van der Waals surface area contributed by atoms with E-state index in [1.807, 2.05) is 13.1 Å². The molecule has 2 atom stereocenters. The molecule has 0 aliphatic heterocycles. The van der Waals surface area contributed by atoms with Gasteiger partial charge in [-0.1, -0.05) is 19.9 Å². The van der Waals surface area contributed by atoms with Gasteiger partial charge in [0.15, 0.2) is 0 Å². The molecule has 114 valence electrons. The van der Waals surface area contributed by atoms with Gasteiger partial charge in [0.05, 0.1) is 7.11 Å². The number of rotatable bonds is 4. The maximum atomic E-state index is 9.41. The molecule has 0 fully saturated rings. The van der Waals surface area contributed by atoms with E-state index in [9.17, 15) is 5.11 Å². The fraction of sp³-hybridized carbons (Fsp3) is 0.625.